The Bertz CT molecular complexity index is 1280. The summed E-state index contributed by atoms with van der Waals surface area (Å²) in [5.41, 5.74) is 4.46. The molecule has 0 aliphatic carbocycles. The molecular formula is C28H30N6O3. The number of nitrogens with zero attached hydrogens (tertiary/aromatic N) is 6. The Morgan fingerprint density at radius 1 is 1.11 bits per heavy atom. The standard InChI is InChI=1S/C28H30N6O3/c35-34(36)27-12-11-23(16-30-27)31-14-5-9-24(18-31)33(17-22-8-1-2-13-29-22)20-25-19-32-15-4-7-21-6-3-10-26(37-25)28(21)32/h1-4,6,8,10-13,15-16,24-25H,5,7,9,14,17-20H2. The fraction of sp³-hybridized carbons (Fsp3) is 0.357. The second-order valence-corrected chi connectivity index (χ2v) is 9.87. The van der Waals surface area contributed by atoms with Crippen LogP contribution in [0, 0.1) is 10.1 Å². The van der Waals surface area contributed by atoms with E-state index in [1.54, 1.807) is 12.3 Å². The van der Waals surface area contributed by atoms with Gasteiger partial charge in [0.15, 0.2) is 6.20 Å². The van der Waals surface area contributed by atoms with Gasteiger partial charge in [0.05, 0.1) is 23.6 Å². The number of anilines is 2. The number of para-hydroxylation sites is 1. The van der Waals surface area contributed by atoms with Crippen LogP contribution < -0.4 is 14.5 Å². The molecule has 0 amide bonds. The molecule has 1 saturated heterocycles. The van der Waals surface area contributed by atoms with Crippen molar-refractivity contribution in [1.29, 1.82) is 0 Å². The number of benzene rings is 1. The second-order valence-electron chi connectivity index (χ2n) is 9.87. The van der Waals surface area contributed by atoms with Crippen molar-refractivity contribution in [3.05, 3.63) is 94.6 Å². The van der Waals surface area contributed by atoms with Crippen LogP contribution in [0.25, 0.3) is 0 Å². The quantitative estimate of drug-likeness (QED) is 0.354. The van der Waals surface area contributed by atoms with Gasteiger partial charge in [0.25, 0.3) is 0 Å². The number of aromatic nitrogens is 2. The molecule has 1 fully saturated rings. The first-order valence-corrected chi connectivity index (χ1v) is 12.9. The van der Waals surface area contributed by atoms with Gasteiger partial charge in [-0.05, 0) is 59.0 Å². The lowest BCUT2D eigenvalue weighted by Crippen LogP contribution is -2.53. The molecule has 0 radical (unpaired) electrons. The lowest BCUT2D eigenvalue weighted by atomic mass is 10.0. The highest BCUT2D eigenvalue weighted by Crippen LogP contribution is 2.39. The summed E-state index contributed by atoms with van der Waals surface area (Å²) in [6.07, 6.45) is 10.9. The normalized spacial score (nSPS) is 20.5. The lowest BCUT2D eigenvalue weighted by Gasteiger charge is -2.43. The Labute approximate surface area is 216 Å². The van der Waals surface area contributed by atoms with E-state index >= 15 is 0 Å². The van der Waals surface area contributed by atoms with Gasteiger partial charge in [0.1, 0.15) is 11.9 Å². The number of pyridine rings is 2. The summed E-state index contributed by atoms with van der Waals surface area (Å²) in [7, 11) is 0. The van der Waals surface area contributed by atoms with Gasteiger partial charge in [0, 0.05) is 50.7 Å². The SMILES string of the molecule is O=[N+]([O-])c1ccc(N2CCCC(N(Cc3ccccn3)CC3CN4C=CCc5cccc(c54)O3)C2)cn1. The predicted molar refractivity (Wildman–Crippen MR) is 142 cm³/mol. The van der Waals surface area contributed by atoms with E-state index in [9.17, 15) is 10.1 Å². The molecule has 9 heteroatoms. The van der Waals surface area contributed by atoms with Crippen molar-refractivity contribution in [2.24, 2.45) is 0 Å². The first-order valence-electron chi connectivity index (χ1n) is 12.9. The van der Waals surface area contributed by atoms with Crippen LogP contribution in [0.15, 0.2) is 73.2 Å². The molecule has 2 unspecified atom stereocenters. The van der Waals surface area contributed by atoms with Gasteiger partial charge in [-0.25, -0.2) is 0 Å². The van der Waals surface area contributed by atoms with E-state index in [4.69, 9.17) is 4.74 Å². The Morgan fingerprint density at radius 2 is 2.05 bits per heavy atom. The Balaban J connectivity index is 1.22. The van der Waals surface area contributed by atoms with E-state index in [1.807, 2.05) is 18.3 Å². The third-order valence-corrected chi connectivity index (χ3v) is 7.41. The number of nitro groups is 1. The van der Waals surface area contributed by atoms with Gasteiger partial charge in [-0.15, -0.1) is 0 Å². The maximum atomic E-state index is 11.0. The molecule has 190 valence electrons. The number of allylic oxidation sites excluding steroid dienone is 1. The van der Waals surface area contributed by atoms with Crippen molar-refractivity contribution in [3.8, 4) is 5.75 Å². The van der Waals surface area contributed by atoms with Crippen molar-refractivity contribution in [2.75, 3.05) is 36.0 Å². The molecule has 3 aliphatic heterocycles. The molecule has 37 heavy (non-hydrogen) atoms. The molecule has 6 rings (SSSR count). The zero-order valence-corrected chi connectivity index (χ0v) is 20.6. The van der Waals surface area contributed by atoms with Crippen LogP contribution in [0.3, 0.4) is 0 Å². The number of rotatable bonds is 7. The number of hydrogen-bond donors (Lipinski definition) is 0. The minimum absolute atomic E-state index is 0.0191. The highest BCUT2D eigenvalue weighted by Gasteiger charge is 2.33. The summed E-state index contributed by atoms with van der Waals surface area (Å²) in [6, 6.07) is 16.0. The monoisotopic (exact) mass is 498 g/mol. The maximum absolute atomic E-state index is 11.0. The third-order valence-electron chi connectivity index (χ3n) is 7.41. The first kappa shape index (κ1) is 23.4. The van der Waals surface area contributed by atoms with Crippen LogP contribution in [0.4, 0.5) is 17.2 Å². The molecule has 0 bridgehead atoms. The molecule has 0 spiro atoms. The van der Waals surface area contributed by atoms with E-state index in [1.165, 1.54) is 17.3 Å². The zero-order chi connectivity index (χ0) is 25.2. The van der Waals surface area contributed by atoms with E-state index in [0.29, 0.717) is 6.04 Å². The van der Waals surface area contributed by atoms with Crippen LogP contribution in [-0.2, 0) is 13.0 Å². The predicted octanol–water partition coefficient (Wildman–Crippen LogP) is 4.19. The second kappa shape index (κ2) is 10.2. The molecule has 3 aromatic rings. The molecule has 0 N–H and O–H groups in total. The number of hydrogen-bond acceptors (Lipinski definition) is 8. The molecule has 2 aromatic heterocycles. The van der Waals surface area contributed by atoms with Crippen LogP contribution in [0.5, 0.6) is 5.75 Å². The fourth-order valence-electron chi connectivity index (χ4n) is 5.68. The summed E-state index contributed by atoms with van der Waals surface area (Å²) in [5, 5.41) is 11.0. The number of ether oxygens (including phenoxy) is 1. The van der Waals surface area contributed by atoms with Crippen molar-refractivity contribution < 1.29 is 9.66 Å². The summed E-state index contributed by atoms with van der Waals surface area (Å²) in [5.74, 6) is 0.830. The van der Waals surface area contributed by atoms with Gasteiger partial charge in [-0.1, -0.05) is 24.3 Å². The van der Waals surface area contributed by atoms with E-state index in [-0.39, 0.29) is 11.9 Å². The number of piperidine rings is 1. The van der Waals surface area contributed by atoms with Crippen molar-refractivity contribution in [1.82, 2.24) is 14.9 Å². The average Bonchev–Trinajstić information content (AvgIpc) is 2.94. The minimum Gasteiger partial charge on any atom is -0.485 e. The molecule has 9 nitrogen and oxygen atoms in total. The maximum Gasteiger partial charge on any atom is 0.363 e. The molecular weight excluding hydrogens is 468 g/mol. The molecule has 0 saturated carbocycles. The molecule has 1 aromatic carbocycles. The Morgan fingerprint density at radius 3 is 2.86 bits per heavy atom. The van der Waals surface area contributed by atoms with Crippen molar-refractivity contribution in [3.63, 3.8) is 0 Å². The molecule has 2 atom stereocenters. The summed E-state index contributed by atoms with van der Waals surface area (Å²) >= 11 is 0. The topological polar surface area (TPSA) is 87.9 Å². The van der Waals surface area contributed by atoms with Gasteiger partial charge < -0.3 is 24.7 Å². The fourth-order valence-corrected chi connectivity index (χ4v) is 5.68. The average molecular weight is 499 g/mol. The van der Waals surface area contributed by atoms with Gasteiger partial charge in [-0.2, -0.15) is 0 Å². The van der Waals surface area contributed by atoms with Crippen LogP contribution in [0.1, 0.15) is 24.1 Å². The largest absolute Gasteiger partial charge is 0.485 e. The summed E-state index contributed by atoms with van der Waals surface area (Å²) in [6.45, 7) is 4.05. The van der Waals surface area contributed by atoms with Crippen molar-refractivity contribution in [2.45, 2.75) is 38.0 Å². The first-order chi connectivity index (χ1) is 18.1. The highest BCUT2D eigenvalue weighted by atomic mass is 16.6. The van der Waals surface area contributed by atoms with Crippen molar-refractivity contribution >= 4 is 17.2 Å². The summed E-state index contributed by atoms with van der Waals surface area (Å²) in [4.78, 5) is 26.3. The van der Waals surface area contributed by atoms with Gasteiger partial charge >= 0.3 is 5.82 Å². The highest BCUT2D eigenvalue weighted by molar-refractivity contribution is 5.69. The smallest absolute Gasteiger partial charge is 0.363 e. The van der Waals surface area contributed by atoms with Crippen LogP contribution >= 0.6 is 0 Å². The molecule has 5 heterocycles. The zero-order valence-electron chi connectivity index (χ0n) is 20.6. The van der Waals surface area contributed by atoms with Crippen LogP contribution in [-0.4, -0.2) is 58.1 Å². The van der Waals surface area contributed by atoms with Gasteiger partial charge in [-0.3, -0.25) is 9.88 Å². The lowest BCUT2D eigenvalue weighted by molar-refractivity contribution is -0.389. The molecule has 3 aliphatic rings. The third kappa shape index (κ3) is 4.99. The van der Waals surface area contributed by atoms with E-state index in [0.717, 1.165) is 69.1 Å². The summed E-state index contributed by atoms with van der Waals surface area (Å²) < 4.78 is 6.56. The van der Waals surface area contributed by atoms with E-state index in [2.05, 4.69) is 61.2 Å². The Hall–Kier alpha value is -3.98. The minimum atomic E-state index is -0.458. The van der Waals surface area contributed by atoms with E-state index < -0.39 is 4.92 Å². The Kier molecular flexibility index (Phi) is 6.44. The van der Waals surface area contributed by atoms with Gasteiger partial charge in [0.2, 0.25) is 0 Å². The van der Waals surface area contributed by atoms with Crippen LogP contribution in [0.2, 0.25) is 0 Å².